The van der Waals surface area contributed by atoms with Crippen molar-refractivity contribution in [2.24, 2.45) is 5.73 Å². The van der Waals surface area contributed by atoms with Gasteiger partial charge < -0.3 is 20.5 Å². The van der Waals surface area contributed by atoms with E-state index in [4.69, 9.17) is 15.2 Å². The number of ether oxygens (including phenoxy) is 2. The van der Waals surface area contributed by atoms with Crippen LogP contribution >= 0.6 is 0 Å². The lowest BCUT2D eigenvalue weighted by Crippen LogP contribution is -2.32. The van der Waals surface area contributed by atoms with Crippen LogP contribution in [0, 0.1) is 0 Å². The lowest BCUT2D eigenvalue weighted by molar-refractivity contribution is -0.122. The van der Waals surface area contributed by atoms with Crippen LogP contribution in [-0.2, 0) is 16.0 Å². The molecule has 3 N–H and O–H groups in total. The van der Waals surface area contributed by atoms with Gasteiger partial charge in [-0.15, -0.1) is 0 Å². The first-order valence-corrected chi connectivity index (χ1v) is 7.20. The van der Waals surface area contributed by atoms with E-state index >= 15 is 0 Å². The van der Waals surface area contributed by atoms with Gasteiger partial charge in [0.15, 0.2) is 0 Å². The Balaban J connectivity index is 2.17. The molecule has 0 spiro atoms. The third kappa shape index (κ3) is 4.00. The molecule has 2 amide bonds. The predicted octanol–water partition coefficient (Wildman–Crippen LogP) is 1.02. The molecule has 1 heterocycles. The minimum absolute atomic E-state index is 0.141. The Morgan fingerprint density at radius 2 is 2.27 bits per heavy atom. The zero-order valence-corrected chi connectivity index (χ0v) is 12.7. The zero-order valence-electron chi connectivity index (χ0n) is 12.7. The van der Waals surface area contributed by atoms with Gasteiger partial charge in [0.05, 0.1) is 13.2 Å². The molecule has 1 aromatic rings. The average Bonchev–Trinajstić information content (AvgIpc) is 2.82. The summed E-state index contributed by atoms with van der Waals surface area (Å²) in [6.07, 6.45) is 3.96. The number of nitrogens with two attached hydrogens (primary N) is 1. The summed E-state index contributed by atoms with van der Waals surface area (Å²) in [6.45, 7) is 4.25. The molecule has 6 nitrogen and oxygen atoms in total. The van der Waals surface area contributed by atoms with Crippen LogP contribution in [-0.4, -0.2) is 31.1 Å². The van der Waals surface area contributed by atoms with Crippen LogP contribution in [0.4, 0.5) is 0 Å². The number of primary amides is 1. The van der Waals surface area contributed by atoms with Crippen molar-refractivity contribution in [1.82, 2.24) is 5.32 Å². The molecule has 6 heteroatoms. The van der Waals surface area contributed by atoms with Crippen molar-refractivity contribution < 1.29 is 19.1 Å². The van der Waals surface area contributed by atoms with Gasteiger partial charge in [0.1, 0.15) is 17.6 Å². The standard InChI is InChI=1S/C16H20N2O4/c1-3-21-13-8-12-6-10(2)22-14(12)7-11(13)4-5-16(20)18-9-15(17)19/h4-5,7-8,10H,3,6,9H2,1-2H3,(H2,17,19)(H,18,20)/b5-4+/t10-/m1/s1. The van der Waals surface area contributed by atoms with Crippen LogP contribution in [0.1, 0.15) is 25.0 Å². The molecule has 0 saturated carbocycles. The second kappa shape index (κ2) is 6.98. The molecule has 0 saturated heterocycles. The number of hydrogen-bond acceptors (Lipinski definition) is 4. The van der Waals surface area contributed by atoms with Crippen molar-refractivity contribution in [3.63, 3.8) is 0 Å². The Morgan fingerprint density at radius 1 is 1.50 bits per heavy atom. The van der Waals surface area contributed by atoms with Gasteiger partial charge in [0.2, 0.25) is 11.8 Å². The number of rotatable bonds is 6. The number of carbonyl (C=O) groups is 2. The summed E-state index contributed by atoms with van der Waals surface area (Å²) in [6, 6.07) is 3.81. The summed E-state index contributed by atoms with van der Waals surface area (Å²) < 4.78 is 11.3. The van der Waals surface area contributed by atoms with Gasteiger partial charge in [-0.3, -0.25) is 9.59 Å². The van der Waals surface area contributed by atoms with Crippen molar-refractivity contribution in [2.45, 2.75) is 26.4 Å². The van der Waals surface area contributed by atoms with E-state index in [1.54, 1.807) is 6.08 Å². The fourth-order valence-corrected chi connectivity index (χ4v) is 2.26. The smallest absolute Gasteiger partial charge is 0.244 e. The molecular weight excluding hydrogens is 284 g/mol. The maximum atomic E-state index is 11.6. The van der Waals surface area contributed by atoms with Gasteiger partial charge >= 0.3 is 0 Å². The molecule has 1 atom stereocenters. The van der Waals surface area contributed by atoms with Crippen molar-refractivity contribution >= 4 is 17.9 Å². The molecule has 1 aliphatic heterocycles. The van der Waals surface area contributed by atoms with E-state index < -0.39 is 11.8 Å². The summed E-state index contributed by atoms with van der Waals surface area (Å²) >= 11 is 0. The molecule has 1 aliphatic rings. The van der Waals surface area contributed by atoms with Gasteiger partial charge in [-0.2, -0.15) is 0 Å². The molecule has 1 aromatic carbocycles. The Bertz CT molecular complexity index is 610. The van der Waals surface area contributed by atoms with E-state index in [-0.39, 0.29) is 12.6 Å². The Morgan fingerprint density at radius 3 is 2.95 bits per heavy atom. The molecule has 0 bridgehead atoms. The molecule has 0 radical (unpaired) electrons. The highest BCUT2D eigenvalue weighted by Gasteiger charge is 2.21. The third-order valence-electron chi connectivity index (χ3n) is 3.18. The van der Waals surface area contributed by atoms with E-state index in [1.165, 1.54) is 6.08 Å². The van der Waals surface area contributed by atoms with E-state index in [0.717, 1.165) is 23.3 Å². The first-order chi connectivity index (χ1) is 10.5. The van der Waals surface area contributed by atoms with E-state index in [9.17, 15) is 9.59 Å². The van der Waals surface area contributed by atoms with Crippen LogP contribution in [0.15, 0.2) is 18.2 Å². The minimum atomic E-state index is -0.586. The monoisotopic (exact) mass is 304 g/mol. The highest BCUT2D eigenvalue weighted by molar-refractivity contribution is 5.94. The normalized spacial score (nSPS) is 16.2. The number of amides is 2. The second-order valence-electron chi connectivity index (χ2n) is 5.08. The van der Waals surface area contributed by atoms with Crippen molar-refractivity contribution in [3.05, 3.63) is 29.3 Å². The SMILES string of the molecule is CCOc1cc2c(cc1/C=C/C(=O)NCC(N)=O)O[C@H](C)C2. The van der Waals surface area contributed by atoms with Crippen LogP contribution in [0.3, 0.4) is 0 Å². The largest absolute Gasteiger partial charge is 0.493 e. The Kier molecular flexibility index (Phi) is 5.04. The number of benzene rings is 1. The Labute approximate surface area is 129 Å². The summed E-state index contributed by atoms with van der Waals surface area (Å²) in [5.74, 6) is 0.541. The van der Waals surface area contributed by atoms with Gasteiger partial charge in [-0.25, -0.2) is 0 Å². The van der Waals surface area contributed by atoms with E-state index in [1.807, 2.05) is 26.0 Å². The molecule has 2 rings (SSSR count). The fraction of sp³-hybridized carbons (Fsp3) is 0.375. The molecule has 0 aliphatic carbocycles. The number of hydrogen-bond donors (Lipinski definition) is 2. The molecule has 0 aromatic heterocycles. The van der Waals surface area contributed by atoms with Crippen LogP contribution in [0.2, 0.25) is 0 Å². The quantitative estimate of drug-likeness (QED) is 0.768. The van der Waals surface area contributed by atoms with Crippen molar-refractivity contribution in [2.75, 3.05) is 13.2 Å². The van der Waals surface area contributed by atoms with Gasteiger partial charge in [-0.05, 0) is 32.1 Å². The van der Waals surface area contributed by atoms with Crippen molar-refractivity contribution in [3.8, 4) is 11.5 Å². The highest BCUT2D eigenvalue weighted by atomic mass is 16.5. The summed E-state index contributed by atoms with van der Waals surface area (Å²) in [5.41, 5.74) is 6.83. The molecular formula is C16H20N2O4. The maximum Gasteiger partial charge on any atom is 0.244 e. The zero-order chi connectivity index (χ0) is 16.1. The first kappa shape index (κ1) is 15.9. The second-order valence-corrected chi connectivity index (χ2v) is 5.08. The topological polar surface area (TPSA) is 90.6 Å². The fourth-order valence-electron chi connectivity index (χ4n) is 2.26. The Hall–Kier alpha value is -2.50. The van der Waals surface area contributed by atoms with Crippen LogP contribution in [0.25, 0.3) is 6.08 Å². The van der Waals surface area contributed by atoms with Crippen LogP contribution < -0.4 is 20.5 Å². The molecule has 0 unspecified atom stereocenters. The van der Waals surface area contributed by atoms with E-state index in [2.05, 4.69) is 5.32 Å². The van der Waals surface area contributed by atoms with E-state index in [0.29, 0.717) is 12.4 Å². The molecule has 0 fully saturated rings. The van der Waals surface area contributed by atoms with Gasteiger partial charge in [0, 0.05) is 23.6 Å². The average molecular weight is 304 g/mol. The highest BCUT2D eigenvalue weighted by Crippen LogP contribution is 2.35. The summed E-state index contributed by atoms with van der Waals surface area (Å²) in [5, 5.41) is 2.39. The number of nitrogens with one attached hydrogen (secondary N) is 1. The van der Waals surface area contributed by atoms with Gasteiger partial charge in [-0.1, -0.05) is 0 Å². The number of fused-ring (bicyclic) bond motifs is 1. The van der Waals surface area contributed by atoms with Crippen molar-refractivity contribution in [1.29, 1.82) is 0 Å². The maximum absolute atomic E-state index is 11.6. The molecule has 22 heavy (non-hydrogen) atoms. The van der Waals surface area contributed by atoms with Gasteiger partial charge in [0.25, 0.3) is 0 Å². The summed E-state index contributed by atoms with van der Waals surface area (Å²) in [4.78, 5) is 22.2. The first-order valence-electron chi connectivity index (χ1n) is 7.20. The number of carbonyl (C=O) groups excluding carboxylic acids is 2. The van der Waals surface area contributed by atoms with Crippen LogP contribution in [0.5, 0.6) is 11.5 Å². The summed E-state index contributed by atoms with van der Waals surface area (Å²) in [7, 11) is 0. The lowest BCUT2D eigenvalue weighted by atomic mass is 10.1. The predicted molar refractivity (Wildman–Crippen MR) is 82.6 cm³/mol. The third-order valence-corrected chi connectivity index (χ3v) is 3.18. The molecule has 118 valence electrons. The minimum Gasteiger partial charge on any atom is -0.493 e. The lowest BCUT2D eigenvalue weighted by Gasteiger charge is -2.10.